The molecule has 0 unspecified atom stereocenters. The molecule has 0 saturated heterocycles. The first-order valence-electron chi connectivity index (χ1n) is 26.0. The van der Waals surface area contributed by atoms with Crippen molar-refractivity contribution in [1.82, 2.24) is 0 Å². The number of rotatable bonds is 34. The maximum atomic E-state index is 12.6. The van der Waals surface area contributed by atoms with Gasteiger partial charge in [0.05, 0.1) is 0 Å². The van der Waals surface area contributed by atoms with Gasteiger partial charge in [-0.2, -0.15) is 0 Å². The van der Waals surface area contributed by atoms with Crippen LogP contribution in [0.25, 0.3) is 16.9 Å². The molecule has 3 rings (SSSR count). The quantitative estimate of drug-likeness (QED) is 0.0289. The van der Waals surface area contributed by atoms with Crippen molar-refractivity contribution in [3.8, 4) is 11.8 Å². The number of hydrogen-bond acceptors (Lipinski definition) is 0. The first-order valence-corrected chi connectivity index (χ1v) is 30.8. The molecule has 1 aliphatic rings. The Morgan fingerprint density at radius 2 is 0.742 bits per heavy atom. The van der Waals surface area contributed by atoms with E-state index in [-0.39, 0.29) is 0 Å². The van der Waals surface area contributed by atoms with Gasteiger partial charge in [-0.3, -0.25) is 0 Å². The van der Waals surface area contributed by atoms with E-state index < -0.39 is 0 Å². The molecular formula is C57H90Br2N2Ni. The summed E-state index contributed by atoms with van der Waals surface area (Å²) >= 11 is 6.00. The monoisotopic (exact) mass is 1020 g/mol. The molecular weight excluding hydrogens is 931 g/mol. The van der Waals surface area contributed by atoms with Crippen LogP contribution in [0, 0.1) is 11.8 Å². The summed E-state index contributed by atoms with van der Waals surface area (Å²) in [4.78, 5) is 0. The number of allylic oxidation sites excluding steroid dienone is 2. The van der Waals surface area contributed by atoms with E-state index in [4.69, 9.17) is 0 Å². The Kier molecular flexibility index (Phi) is 34.5. The van der Waals surface area contributed by atoms with Gasteiger partial charge in [0, 0.05) is 23.1 Å². The van der Waals surface area contributed by atoms with Crippen LogP contribution in [0.15, 0.2) is 47.5 Å². The van der Waals surface area contributed by atoms with Crippen LogP contribution in [0.5, 0.6) is 0 Å². The molecule has 0 atom stereocenters. The Labute approximate surface area is 404 Å². The average Bonchev–Trinajstić information content (AvgIpc) is 3.55. The molecule has 0 N–H and O–H groups in total. The third-order valence-corrected chi connectivity index (χ3v) is 12.6. The Morgan fingerprint density at radius 1 is 0.419 bits per heavy atom. The van der Waals surface area contributed by atoms with Crippen molar-refractivity contribution in [1.29, 1.82) is 0 Å². The minimum atomic E-state index is 0.914. The summed E-state index contributed by atoms with van der Waals surface area (Å²) in [5.74, 6) is 7.46. The molecule has 0 saturated carbocycles. The van der Waals surface area contributed by atoms with Crippen LogP contribution in [0.4, 0.5) is 0 Å². The summed E-state index contributed by atoms with van der Waals surface area (Å²) < 4.78 is 1.59. The predicted octanol–water partition coefficient (Wildman–Crippen LogP) is 20.2. The molecule has 5 heteroatoms. The van der Waals surface area contributed by atoms with E-state index in [0.717, 1.165) is 80.3 Å². The zero-order valence-corrected chi connectivity index (χ0v) is 44.9. The zero-order chi connectivity index (χ0) is 45.0. The van der Waals surface area contributed by atoms with Crippen LogP contribution in [0.3, 0.4) is 0 Å². The molecule has 352 valence electrons. The van der Waals surface area contributed by atoms with E-state index in [1.807, 2.05) is 0 Å². The molecule has 0 bridgehead atoms. The molecule has 2 nitrogen and oxygen atoms in total. The fourth-order valence-corrected chi connectivity index (χ4v) is 8.93. The van der Waals surface area contributed by atoms with E-state index in [9.17, 15) is 5.53 Å². The molecule has 1 heterocycles. The van der Waals surface area contributed by atoms with Crippen LogP contribution in [-0.2, 0) is 36.6 Å². The van der Waals surface area contributed by atoms with Crippen LogP contribution in [0.2, 0.25) is 0 Å². The number of aryl methyl sites for hydroxylation is 4. The summed E-state index contributed by atoms with van der Waals surface area (Å²) in [5.41, 5.74) is 24.7. The van der Waals surface area contributed by atoms with Gasteiger partial charge in [0.25, 0.3) is 0 Å². The number of nitrogens with zero attached hydrogens (tertiary/aromatic N) is 2. The van der Waals surface area contributed by atoms with Crippen LogP contribution >= 0.6 is 28.5 Å². The predicted molar refractivity (Wildman–Crippen MR) is 279 cm³/mol. The number of halogens is 2. The van der Waals surface area contributed by atoms with E-state index in [1.165, 1.54) is 198 Å². The van der Waals surface area contributed by atoms with Gasteiger partial charge in [0.15, 0.2) is 0 Å². The molecule has 0 fully saturated rings. The fraction of sp³-hybridized carbons (Fsp3) is 0.684. The van der Waals surface area contributed by atoms with Gasteiger partial charge >= 0.3 is 39.3 Å². The van der Waals surface area contributed by atoms with E-state index >= 15 is 0 Å². The van der Waals surface area contributed by atoms with Crippen molar-refractivity contribution in [3.63, 3.8) is 0 Å². The first-order chi connectivity index (χ1) is 30.4. The van der Waals surface area contributed by atoms with Gasteiger partial charge in [-0.25, -0.2) is 4.70 Å². The van der Waals surface area contributed by atoms with Gasteiger partial charge in [-0.15, -0.1) is 0 Å². The van der Waals surface area contributed by atoms with Crippen LogP contribution < -0.4 is 0 Å². The first kappa shape index (κ1) is 56.7. The van der Waals surface area contributed by atoms with Crippen molar-refractivity contribution in [2.75, 3.05) is 0 Å². The molecule has 0 spiro atoms. The molecule has 1 aliphatic heterocycles. The zero-order valence-electron chi connectivity index (χ0n) is 40.8. The SMILES string of the molecule is CCCCCCCCCCCCCCCCCC#CC1=C(c2cc(CCCC)cc(CCCCC)c2)[N+](=[N-])C(c2cc(CCCC)cc(CCCCC)c2)=C1CCCC.[Br][Ni][Br]. The number of hydrogen-bond donors (Lipinski definition) is 0. The van der Waals surface area contributed by atoms with Gasteiger partial charge in [-0.05, 0) is 117 Å². The molecule has 2 aromatic carbocycles. The Morgan fingerprint density at radius 3 is 1.15 bits per heavy atom. The summed E-state index contributed by atoms with van der Waals surface area (Å²) in [6.07, 6.45) is 41.2. The molecule has 62 heavy (non-hydrogen) atoms. The third-order valence-electron chi connectivity index (χ3n) is 12.6. The molecule has 0 aliphatic carbocycles. The van der Waals surface area contributed by atoms with Crippen molar-refractivity contribution in [2.24, 2.45) is 0 Å². The van der Waals surface area contributed by atoms with E-state index in [2.05, 4.69) is 118 Å². The number of unbranched alkanes of at least 4 members (excludes halogenated alkanes) is 22. The molecule has 0 radical (unpaired) electrons. The van der Waals surface area contributed by atoms with Crippen molar-refractivity contribution < 1.29 is 15.6 Å². The maximum absolute atomic E-state index is 12.6. The second-order valence-electron chi connectivity index (χ2n) is 18.2. The summed E-state index contributed by atoms with van der Waals surface area (Å²) in [7, 11) is 1.25. The topological polar surface area (TPSA) is 25.3 Å². The van der Waals surface area contributed by atoms with Gasteiger partial charge in [0.1, 0.15) is 5.57 Å². The Bertz CT molecular complexity index is 1630. The number of benzene rings is 2. The van der Waals surface area contributed by atoms with Gasteiger partial charge < -0.3 is 5.53 Å². The second-order valence-corrected chi connectivity index (χ2v) is 23.2. The van der Waals surface area contributed by atoms with E-state index in [1.54, 1.807) is 4.70 Å². The molecule has 0 amide bonds. The van der Waals surface area contributed by atoms with Crippen molar-refractivity contribution in [3.05, 3.63) is 86.5 Å². The van der Waals surface area contributed by atoms with Crippen molar-refractivity contribution >= 4 is 39.8 Å². The van der Waals surface area contributed by atoms with E-state index in [0.29, 0.717) is 0 Å². The summed E-state index contributed by atoms with van der Waals surface area (Å²) in [6, 6.07) is 14.4. The summed E-state index contributed by atoms with van der Waals surface area (Å²) in [6.45, 7) is 13.7. The normalized spacial score (nSPS) is 12.6. The van der Waals surface area contributed by atoms with Crippen molar-refractivity contribution in [2.45, 2.75) is 253 Å². The summed E-state index contributed by atoms with van der Waals surface area (Å²) in [5, 5.41) is 0. The Hall–Kier alpha value is -1.47. The standard InChI is InChI=1S/C57H90N2.2BrH.Ni/c1-7-13-19-20-21-22-23-24-25-26-27-28-29-30-31-32-35-41-55-54(40-18-12-6)56(52-44-48(36-16-10-4)42-50(46-52)38-33-14-8-2)59(58)57(55)53-45-49(37-17-11-5)43-51(47-53)39-34-15-9-3;;;/h42-47H,7-34,36-40H2,1-6H3;2*1H;/q;;;+2/p-2. The molecule has 0 aromatic heterocycles. The van der Waals surface area contributed by atoms with Gasteiger partial charge in [-0.1, -0.05) is 200 Å². The van der Waals surface area contributed by atoms with Gasteiger partial charge in [0.2, 0.25) is 11.4 Å². The second kappa shape index (κ2) is 37.7. The average molecular weight is 1020 g/mol. The fourth-order valence-electron chi connectivity index (χ4n) is 8.93. The molecule has 2 aromatic rings. The van der Waals surface area contributed by atoms with Crippen LogP contribution in [-0.4, -0.2) is 4.70 Å². The minimum absolute atomic E-state index is 0.914. The Balaban J connectivity index is 0.00000428. The third kappa shape index (κ3) is 23.1. The van der Waals surface area contributed by atoms with Crippen LogP contribution in [0.1, 0.15) is 261 Å².